The minimum Gasteiger partial charge on any atom is -0.394 e. The summed E-state index contributed by atoms with van der Waals surface area (Å²) in [5.41, 5.74) is 0.775. The minimum atomic E-state index is -0.795. The molecule has 0 saturated carbocycles. The Morgan fingerprint density at radius 1 is 1.18 bits per heavy atom. The third-order valence-electron chi connectivity index (χ3n) is 8.78. The van der Waals surface area contributed by atoms with Crippen LogP contribution in [0.5, 0.6) is 0 Å². The van der Waals surface area contributed by atoms with Crippen LogP contribution in [0.15, 0.2) is 55.6 Å². The van der Waals surface area contributed by atoms with Gasteiger partial charge in [0.25, 0.3) is 0 Å². The number of aliphatic hydroxyl groups is 1. The van der Waals surface area contributed by atoms with Crippen molar-refractivity contribution >= 4 is 29.5 Å². The molecule has 39 heavy (non-hydrogen) atoms. The number of carbonyl (C=O) groups excluding carboxylic acids is 3. The summed E-state index contributed by atoms with van der Waals surface area (Å²) in [7, 11) is 0. The van der Waals surface area contributed by atoms with Crippen LogP contribution in [0, 0.1) is 17.8 Å². The van der Waals surface area contributed by atoms with Crippen molar-refractivity contribution in [2.75, 3.05) is 26.2 Å². The summed E-state index contributed by atoms with van der Waals surface area (Å²) in [5, 5.41) is 10.7. The monoisotopic (exact) mass is 553 g/mol. The Morgan fingerprint density at radius 2 is 1.85 bits per heavy atom. The van der Waals surface area contributed by atoms with Crippen molar-refractivity contribution in [2.24, 2.45) is 17.8 Å². The largest absolute Gasteiger partial charge is 0.394 e. The molecule has 1 aromatic rings. The van der Waals surface area contributed by atoms with Gasteiger partial charge in [0.05, 0.1) is 29.2 Å². The molecule has 1 aromatic carbocycles. The molecule has 0 aromatic heterocycles. The predicted molar refractivity (Wildman–Crippen MR) is 156 cm³/mol. The highest BCUT2D eigenvalue weighted by atomic mass is 32.2. The SMILES string of the molecule is C=CCN(CCC)C(=O)[C@@H]1[C@H]2C(=O)N([C@H](CO)c3ccccc3)C(C(=O)N(CC=C)C(C)C)C23S[C@@H]1CC3C. The van der Waals surface area contributed by atoms with Crippen LogP contribution in [0.3, 0.4) is 0 Å². The number of hydrogen-bond donors (Lipinski definition) is 1. The third kappa shape index (κ3) is 4.73. The number of hydrogen-bond acceptors (Lipinski definition) is 5. The van der Waals surface area contributed by atoms with Gasteiger partial charge in [0, 0.05) is 30.9 Å². The smallest absolute Gasteiger partial charge is 0.247 e. The van der Waals surface area contributed by atoms with E-state index in [-0.39, 0.29) is 41.5 Å². The fourth-order valence-corrected chi connectivity index (χ4v) is 9.56. The number of rotatable bonds is 12. The van der Waals surface area contributed by atoms with Crippen LogP contribution < -0.4 is 0 Å². The number of amides is 3. The van der Waals surface area contributed by atoms with Gasteiger partial charge in [0.1, 0.15) is 6.04 Å². The molecule has 0 radical (unpaired) electrons. The quantitative estimate of drug-likeness (QED) is 0.397. The van der Waals surface area contributed by atoms with Crippen molar-refractivity contribution in [2.45, 2.75) is 68.7 Å². The van der Waals surface area contributed by atoms with Crippen molar-refractivity contribution in [3.63, 3.8) is 0 Å². The number of benzene rings is 1. The second-order valence-electron chi connectivity index (χ2n) is 11.4. The van der Waals surface area contributed by atoms with Gasteiger partial charge in [0.15, 0.2) is 0 Å². The Labute approximate surface area is 237 Å². The van der Waals surface area contributed by atoms with Crippen molar-refractivity contribution in [3.8, 4) is 0 Å². The molecule has 7 nitrogen and oxygen atoms in total. The molecule has 0 aliphatic carbocycles. The number of aliphatic hydroxyl groups excluding tert-OH is 1. The van der Waals surface area contributed by atoms with Crippen LogP contribution in [0.1, 0.15) is 52.1 Å². The average molecular weight is 554 g/mol. The van der Waals surface area contributed by atoms with E-state index in [9.17, 15) is 19.5 Å². The number of likely N-dealkylation sites (tertiary alicyclic amines) is 1. The summed E-state index contributed by atoms with van der Waals surface area (Å²) < 4.78 is -0.748. The van der Waals surface area contributed by atoms with Crippen LogP contribution in [0.4, 0.5) is 0 Å². The van der Waals surface area contributed by atoms with Gasteiger partial charge in [0.2, 0.25) is 17.7 Å². The standard InChI is InChI=1S/C31H43N3O4S/c1-7-15-32(16-8-2)28(36)25-24-18-21(6)31(39-24)26(25)29(37)34(23(19-35)22-13-11-10-12-14-22)27(31)30(38)33(17-9-3)20(4)5/h7,9-14,20-21,23-27,35H,1,3,8,15-19H2,2,4-6H3/t21?,23-,24-,25+,26+,27?,31?/m1/s1. The molecule has 7 atom stereocenters. The lowest BCUT2D eigenvalue weighted by Gasteiger charge is -2.43. The van der Waals surface area contributed by atoms with E-state index in [4.69, 9.17) is 0 Å². The molecule has 4 rings (SSSR count). The summed E-state index contributed by atoms with van der Waals surface area (Å²) in [5.74, 6) is -1.45. The Balaban J connectivity index is 1.87. The van der Waals surface area contributed by atoms with Gasteiger partial charge in [-0.3, -0.25) is 14.4 Å². The predicted octanol–water partition coefficient (Wildman–Crippen LogP) is 3.90. The molecular weight excluding hydrogens is 510 g/mol. The highest BCUT2D eigenvalue weighted by Crippen LogP contribution is 2.69. The fraction of sp³-hybridized carbons (Fsp3) is 0.581. The molecule has 3 aliphatic rings. The van der Waals surface area contributed by atoms with Gasteiger partial charge in [-0.05, 0) is 38.2 Å². The number of carbonyl (C=O) groups is 3. The molecule has 1 spiro atoms. The molecule has 2 bridgehead atoms. The molecule has 3 amide bonds. The van der Waals surface area contributed by atoms with E-state index >= 15 is 0 Å². The van der Waals surface area contributed by atoms with Crippen molar-refractivity contribution in [1.29, 1.82) is 0 Å². The summed E-state index contributed by atoms with van der Waals surface area (Å²) in [6.07, 6.45) is 5.02. The Bertz CT molecular complexity index is 1090. The topological polar surface area (TPSA) is 81.2 Å². The van der Waals surface area contributed by atoms with Crippen LogP contribution in [-0.4, -0.2) is 85.8 Å². The van der Waals surface area contributed by atoms with E-state index in [1.165, 1.54) is 0 Å². The Kier molecular flexibility index (Phi) is 8.96. The maximum Gasteiger partial charge on any atom is 0.247 e. The van der Waals surface area contributed by atoms with E-state index in [1.54, 1.807) is 33.7 Å². The second kappa shape index (κ2) is 11.9. The van der Waals surface area contributed by atoms with E-state index < -0.39 is 28.7 Å². The highest BCUT2D eigenvalue weighted by Gasteiger charge is 2.77. The molecule has 3 aliphatic heterocycles. The first kappa shape index (κ1) is 29.4. The zero-order valence-corrected chi connectivity index (χ0v) is 24.5. The molecule has 3 saturated heterocycles. The van der Waals surface area contributed by atoms with Gasteiger partial charge in [-0.1, -0.05) is 56.3 Å². The molecule has 8 heteroatoms. The van der Waals surface area contributed by atoms with Gasteiger partial charge in [-0.15, -0.1) is 24.9 Å². The summed E-state index contributed by atoms with van der Waals surface area (Å²) >= 11 is 1.67. The van der Waals surface area contributed by atoms with Crippen LogP contribution in [-0.2, 0) is 14.4 Å². The van der Waals surface area contributed by atoms with Gasteiger partial charge in [-0.25, -0.2) is 0 Å². The first-order valence-corrected chi connectivity index (χ1v) is 15.0. The lowest BCUT2D eigenvalue weighted by molar-refractivity contribution is -0.147. The van der Waals surface area contributed by atoms with E-state index in [0.717, 1.165) is 18.4 Å². The third-order valence-corrected chi connectivity index (χ3v) is 10.9. The molecule has 3 unspecified atom stereocenters. The number of fused-ring (bicyclic) bond motifs is 1. The van der Waals surface area contributed by atoms with Gasteiger partial charge in [-0.2, -0.15) is 0 Å². The maximum atomic E-state index is 14.6. The Morgan fingerprint density at radius 3 is 2.41 bits per heavy atom. The van der Waals surface area contributed by atoms with Crippen molar-refractivity contribution in [1.82, 2.24) is 14.7 Å². The highest BCUT2D eigenvalue weighted by molar-refractivity contribution is 8.02. The lowest BCUT2D eigenvalue weighted by atomic mass is 9.65. The minimum absolute atomic E-state index is 0.0264. The van der Waals surface area contributed by atoms with E-state index in [0.29, 0.717) is 19.6 Å². The van der Waals surface area contributed by atoms with Crippen LogP contribution in [0.2, 0.25) is 0 Å². The van der Waals surface area contributed by atoms with Crippen LogP contribution in [0.25, 0.3) is 0 Å². The molecule has 3 fully saturated rings. The van der Waals surface area contributed by atoms with Gasteiger partial charge < -0.3 is 19.8 Å². The summed E-state index contributed by atoms with van der Waals surface area (Å²) in [4.78, 5) is 48.5. The zero-order valence-electron chi connectivity index (χ0n) is 23.7. The lowest BCUT2D eigenvalue weighted by Crippen LogP contribution is -2.59. The number of nitrogens with zero attached hydrogens (tertiary/aromatic N) is 3. The molecular formula is C31H43N3O4S. The van der Waals surface area contributed by atoms with E-state index in [1.807, 2.05) is 56.0 Å². The summed E-state index contributed by atoms with van der Waals surface area (Å²) in [6.45, 7) is 16.9. The average Bonchev–Trinajstić information content (AvgIpc) is 3.51. The van der Waals surface area contributed by atoms with E-state index in [2.05, 4.69) is 20.1 Å². The van der Waals surface area contributed by atoms with Crippen molar-refractivity contribution in [3.05, 3.63) is 61.2 Å². The summed E-state index contributed by atoms with van der Waals surface area (Å²) in [6, 6.07) is 7.82. The molecule has 1 N–H and O–H groups in total. The first-order valence-electron chi connectivity index (χ1n) is 14.2. The van der Waals surface area contributed by atoms with Crippen molar-refractivity contribution < 1.29 is 19.5 Å². The first-order chi connectivity index (χ1) is 18.7. The Hall–Kier alpha value is -2.58. The van der Waals surface area contributed by atoms with Gasteiger partial charge >= 0.3 is 0 Å². The fourth-order valence-electron chi connectivity index (χ4n) is 7.17. The molecule has 212 valence electrons. The zero-order chi connectivity index (χ0) is 28.5. The number of thioether (sulfide) groups is 1. The van der Waals surface area contributed by atoms with Crippen LogP contribution >= 0.6 is 11.8 Å². The maximum absolute atomic E-state index is 14.6. The second-order valence-corrected chi connectivity index (χ2v) is 12.9. The molecule has 3 heterocycles. The normalized spacial score (nSPS) is 29.8.